The summed E-state index contributed by atoms with van der Waals surface area (Å²) in [5, 5.41) is 15.8. The lowest BCUT2D eigenvalue weighted by molar-refractivity contribution is 0.664. The number of hydrogen-bond donors (Lipinski definition) is 2. The Morgan fingerprint density at radius 2 is 2.32 bits per heavy atom. The molecule has 2 N–H and O–H groups in total. The maximum Gasteiger partial charge on any atom is 0.225 e. The van der Waals surface area contributed by atoms with Crippen molar-refractivity contribution in [3.63, 3.8) is 0 Å². The third kappa shape index (κ3) is 2.21. The summed E-state index contributed by atoms with van der Waals surface area (Å²) in [5.41, 5.74) is 1.39. The summed E-state index contributed by atoms with van der Waals surface area (Å²) >= 11 is 1.36. The molecule has 0 radical (unpaired) electrons. The van der Waals surface area contributed by atoms with Gasteiger partial charge >= 0.3 is 0 Å². The van der Waals surface area contributed by atoms with Gasteiger partial charge < -0.3 is 10.3 Å². The van der Waals surface area contributed by atoms with Crippen molar-refractivity contribution in [1.29, 1.82) is 0 Å². The average molecular weight is 277 g/mol. The minimum Gasteiger partial charge on any atom is -0.354 e. The van der Waals surface area contributed by atoms with E-state index in [2.05, 4.69) is 40.8 Å². The number of aromatic amines is 1. The third-order valence-corrected chi connectivity index (χ3v) is 3.37. The average Bonchev–Trinajstić information content (AvgIpc) is 3.00. The van der Waals surface area contributed by atoms with Gasteiger partial charge in [-0.25, -0.2) is 14.6 Å². The molecule has 0 saturated carbocycles. The van der Waals surface area contributed by atoms with E-state index in [0.29, 0.717) is 16.8 Å². The molecule has 0 fully saturated rings. The Kier molecular flexibility index (Phi) is 2.99. The second-order valence-corrected chi connectivity index (χ2v) is 4.63. The predicted molar refractivity (Wildman–Crippen MR) is 68.8 cm³/mol. The largest absolute Gasteiger partial charge is 0.354 e. The van der Waals surface area contributed by atoms with Crippen LogP contribution >= 0.6 is 11.8 Å². The lowest BCUT2D eigenvalue weighted by Crippen LogP contribution is -2.03. The molecule has 0 amide bonds. The fourth-order valence-electron chi connectivity index (χ4n) is 1.51. The molecule has 3 aromatic rings. The van der Waals surface area contributed by atoms with Crippen LogP contribution in [0.1, 0.15) is 6.92 Å². The molecule has 0 unspecified atom stereocenters. The highest BCUT2D eigenvalue weighted by Crippen LogP contribution is 2.28. The van der Waals surface area contributed by atoms with Gasteiger partial charge in [-0.2, -0.15) is 4.98 Å². The molecule has 9 nitrogen and oxygen atoms in total. The number of nitrogens with zero attached hydrogens (tertiary/aromatic N) is 7. The van der Waals surface area contributed by atoms with Crippen LogP contribution in [0.5, 0.6) is 0 Å². The van der Waals surface area contributed by atoms with E-state index in [1.165, 1.54) is 11.8 Å². The van der Waals surface area contributed by atoms with Gasteiger partial charge in [-0.3, -0.25) is 0 Å². The molecule has 0 spiro atoms. The van der Waals surface area contributed by atoms with Crippen molar-refractivity contribution >= 4 is 28.9 Å². The highest BCUT2D eigenvalue weighted by Gasteiger charge is 2.14. The van der Waals surface area contributed by atoms with Gasteiger partial charge in [-0.05, 0) is 29.1 Å². The van der Waals surface area contributed by atoms with Crippen LogP contribution in [0.2, 0.25) is 0 Å². The van der Waals surface area contributed by atoms with E-state index in [9.17, 15) is 0 Å². The first-order valence-electron chi connectivity index (χ1n) is 5.63. The number of nitrogens with one attached hydrogen (secondary N) is 2. The first-order chi connectivity index (χ1) is 9.28. The standard InChI is InChI=1S/C9H11N9S/c1-3-10-8-13-6-5(11-4-12-6)7(14-8)19-9-15-16-17-18(9)2/h4H,3H2,1-2H3,(H2,10,11,12,13,14). The van der Waals surface area contributed by atoms with Gasteiger partial charge in [-0.1, -0.05) is 0 Å². The number of H-pyrrole nitrogens is 1. The van der Waals surface area contributed by atoms with Crippen LogP contribution in [0.4, 0.5) is 5.95 Å². The van der Waals surface area contributed by atoms with Gasteiger partial charge in [0.25, 0.3) is 0 Å². The van der Waals surface area contributed by atoms with Crippen LogP contribution in [0.3, 0.4) is 0 Å². The Balaban J connectivity index is 2.05. The van der Waals surface area contributed by atoms with Crippen LogP contribution < -0.4 is 5.32 Å². The number of aromatic nitrogens is 8. The topological polar surface area (TPSA) is 110 Å². The zero-order valence-corrected chi connectivity index (χ0v) is 11.1. The quantitative estimate of drug-likeness (QED) is 0.662. The molecule has 98 valence electrons. The number of tetrazole rings is 1. The van der Waals surface area contributed by atoms with Crippen molar-refractivity contribution in [3.8, 4) is 0 Å². The van der Waals surface area contributed by atoms with E-state index in [-0.39, 0.29) is 0 Å². The number of rotatable bonds is 4. The highest BCUT2D eigenvalue weighted by molar-refractivity contribution is 7.99. The third-order valence-electron chi connectivity index (χ3n) is 2.36. The second kappa shape index (κ2) is 4.80. The molecule has 19 heavy (non-hydrogen) atoms. The van der Waals surface area contributed by atoms with E-state index < -0.39 is 0 Å². The van der Waals surface area contributed by atoms with Crippen molar-refractivity contribution in [2.24, 2.45) is 7.05 Å². The molecule has 0 aliphatic carbocycles. The lowest BCUT2D eigenvalue weighted by atomic mass is 10.5. The van der Waals surface area contributed by atoms with Gasteiger partial charge in [0.2, 0.25) is 11.1 Å². The molecule has 3 aromatic heterocycles. The van der Waals surface area contributed by atoms with Gasteiger partial charge in [0.05, 0.1) is 6.33 Å². The van der Waals surface area contributed by atoms with Crippen molar-refractivity contribution in [2.75, 3.05) is 11.9 Å². The summed E-state index contributed by atoms with van der Waals surface area (Å²) in [5.74, 6) is 0.541. The summed E-state index contributed by atoms with van der Waals surface area (Å²) < 4.78 is 1.59. The van der Waals surface area contributed by atoms with E-state index >= 15 is 0 Å². The van der Waals surface area contributed by atoms with Gasteiger partial charge in [-0.15, -0.1) is 5.10 Å². The van der Waals surface area contributed by atoms with E-state index in [1.807, 2.05) is 6.92 Å². The second-order valence-electron chi connectivity index (χ2n) is 3.67. The van der Waals surface area contributed by atoms with Crippen molar-refractivity contribution < 1.29 is 0 Å². The van der Waals surface area contributed by atoms with Crippen LogP contribution in [-0.2, 0) is 7.05 Å². The lowest BCUT2D eigenvalue weighted by Gasteiger charge is -2.04. The Morgan fingerprint density at radius 3 is 3.05 bits per heavy atom. The van der Waals surface area contributed by atoms with Crippen LogP contribution in [0.25, 0.3) is 11.2 Å². The smallest absolute Gasteiger partial charge is 0.225 e. The summed E-state index contributed by atoms with van der Waals surface area (Å²) in [6, 6.07) is 0. The van der Waals surface area contributed by atoms with Crippen LogP contribution in [0.15, 0.2) is 16.5 Å². The maximum absolute atomic E-state index is 4.44. The molecule has 0 bridgehead atoms. The predicted octanol–water partition coefficient (Wildman–Crippen LogP) is 0.459. The fourth-order valence-corrected chi connectivity index (χ4v) is 2.32. The first-order valence-corrected chi connectivity index (χ1v) is 6.44. The van der Waals surface area contributed by atoms with Crippen LogP contribution in [0, 0.1) is 0 Å². The molecule has 0 aliphatic rings. The zero-order valence-electron chi connectivity index (χ0n) is 10.3. The SMILES string of the molecule is CCNc1nc(Sc2nnnn2C)c2[nH]cnc2n1. The minimum atomic E-state index is 0.541. The molecular weight excluding hydrogens is 266 g/mol. The Labute approximate surface area is 112 Å². The van der Waals surface area contributed by atoms with E-state index in [1.54, 1.807) is 18.1 Å². The normalized spacial score (nSPS) is 11.1. The molecule has 3 heterocycles. The summed E-state index contributed by atoms with van der Waals surface area (Å²) in [7, 11) is 1.78. The first kappa shape index (κ1) is 11.8. The Bertz CT molecular complexity index is 703. The van der Waals surface area contributed by atoms with Crippen molar-refractivity contribution in [3.05, 3.63) is 6.33 Å². The molecular formula is C9H11N9S. The van der Waals surface area contributed by atoms with Crippen molar-refractivity contribution in [2.45, 2.75) is 17.1 Å². The molecule has 0 atom stereocenters. The summed E-state index contributed by atoms with van der Waals surface area (Å²) in [4.78, 5) is 15.9. The minimum absolute atomic E-state index is 0.541. The van der Waals surface area contributed by atoms with Gasteiger partial charge in [0.1, 0.15) is 10.5 Å². The Hall–Kier alpha value is -2.23. The maximum atomic E-state index is 4.44. The molecule has 0 aliphatic heterocycles. The fraction of sp³-hybridized carbons (Fsp3) is 0.333. The molecule has 0 saturated heterocycles. The monoisotopic (exact) mass is 277 g/mol. The number of imidazole rings is 1. The molecule has 0 aromatic carbocycles. The van der Waals surface area contributed by atoms with Crippen molar-refractivity contribution in [1.82, 2.24) is 40.1 Å². The zero-order chi connectivity index (χ0) is 13.2. The molecule has 10 heteroatoms. The molecule has 3 rings (SSSR count). The van der Waals surface area contributed by atoms with Gasteiger partial charge in [0, 0.05) is 13.6 Å². The number of aryl methyl sites for hydroxylation is 1. The summed E-state index contributed by atoms with van der Waals surface area (Å²) in [6.07, 6.45) is 1.59. The van der Waals surface area contributed by atoms with Gasteiger partial charge in [0.15, 0.2) is 5.65 Å². The van der Waals surface area contributed by atoms with E-state index in [0.717, 1.165) is 17.1 Å². The Morgan fingerprint density at radius 1 is 1.42 bits per heavy atom. The van der Waals surface area contributed by atoms with Crippen LogP contribution in [-0.4, -0.2) is 46.7 Å². The van der Waals surface area contributed by atoms with E-state index in [4.69, 9.17) is 0 Å². The number of fused-ring (bicyclic) bond motifs is 1. The highest BCUT2D eigenvalue weighted by atomic mass is 32.2. The number of anilines is 1. The number of hydrogen-bond acceptors (Lipinski definition) is 8. The summed E-state index contributed by atoms with van der Waals surface area (Å²) in [6.45, 7) is 2.73.